The molecular weight excluding hydrogens is 521 g/mol. The van der Waals surface area contributed by atoms with E-state index in [1.807, 2.05) is 25.1 Å². The van der Waals surface area contributed by atoms with Crippen molar-refractivity contribution in [3.63, 3.8) is 0 Å². The Balaban J connectivity index is 1.37. The number of carbonyl (C=O) groups excluding carboxylic acids is 2. The Kier molecular flexibility index (Phi) is 7.67. The molecule has 0 bridgehead atoms. The van der Waals surface area contributed by atoms with E-state index >= 15 is 0 Å². The van der Waals surface area contributed by atoms with Crippen LogP contribution in [-0.2, 0) is 38.6 Å². The number of halogens is 3. The summed E-state index contributed by atoms with van der Waals surface area (Å²) in [5, 5.41) is 5.30. The predicted octanol–water partition coefficient (Wildman–Crippen LogP) is 3.45. The lowest BCUT2D eigenvalue weighted by Gasteiger charge is -2.34. The maximum Gasteiger partial charge on any atom is 0.416 e. The van der Waals surface area contributed by atoms with E-state index in [9.17, 15) is 31.2 Å². The molecule has 0 radical (unpaired) electrons. The Morgan fingerprint density at radius 2 is 1.87 bits per heavy atom. The number of carbonyl (C=O) groups is 2. The average molecular weight is 551 g/mol. The van der Waals surface area contributed by atoms with Crippen molar-refractivity contribution in [1.82, 2.24) is 9.62 Å². The molecule has 2 aliphatic heterocycles. The molecule has 1 saturated heterocycles. The second-order valence-electron chi connectivity index (χ2n) is 9.75. The Bertz CT molecular complexity index is 1380. The predicted molar refractivity (Wildman–Crippen MR) is 137 cm³/mol. The van der Waals surface area contributed by atoms with Gasteiger partial charge in [-0.15, -0.1) is 0 Å². The van der Waals surface area contributed by atoms with E-state index in [0.29, 0.717) is 12.8 Å². The third-order valence-electron chi connectivity index (χ3n) is 6.87. The number of aryl methyl sites for hydroxylation is 2. The molecule has 12 heteroatoms. The summed E-state index contributed by atoms with van der Waals surface area (Å²) in [6.07, 6.45) is -3.53. The number of alkyl halides is 3. The van der Waals surface area contributed by atoms with Crippen LogP contribution in [0.25, 0.3) is 0 Å². The molecule has 1 fully saturated rings. The van der Waals surface area contributed by atoms with Crippen molar-refractivity contribution in [1.29, 1.82) is 0 Å². The Hall–Kier alpha value is -3.25. The van der Waals surface area contributed by atoms with Crippen LogP contribution in [0, 0.1) is 6.92 Å². The molecule has 4 rings (SSSR count). The van der Waals surface area contributed by atoms with Gasteiger partial charge < -0.3 is 5.32 Å². The molecule has 1 spiro atoms. The number of ketones is 1. The highest BCUT2D eigenvalue weighted by Gasteiger charge is 2.47. The minimum atomic E-state index is -4.50. The fourth-order valence-corrected chi connectivity index (χ4v) is 6.24. The zero-order valence-corrected chi connectivity index (χ0v) is 21.9. The van der Waals surface area contributed by atoms with Crippen molar-refractivity contribution in [2.45, 2.75) is 51.2 Å². The van der Waals surface area contributed by atoms with Gasteiger partial charge in [-0.05, 0) is 68.0 Å². The first kappa shape index (κ1) is 27.8. The van der Waals surface area contributed by atoms with Gasteiger partial charge in [-0.1, -0.05) is 24.3 Å². The molecule has 2 aliphatic rings. The summed E-state index contributed by atoms with van der Waals surface area (Å²) in [6, 6.07) is 10.1. The summed E-state index contributed by atoms with van der Waals surface area (Å²) in [4.78, 5) is 28.5. The van der Waals surface area contributed by atoms with E-state index in [-0.39, 0.29) is 49.1 Å². The van der Waals surface area contributed by atoms with E-state index in [0.717, 1.165) is 28.8 Å². The Morgan fingerprint density at radius 3 is 2.50 bits per heavy atom. The normalized spacial score (nSPS) is 17.8. The lowest BCUT2D eigenvalue weighted by Crippen LogP contribution is -2.51. The summed E-state index contributed by atoms with van der Waals surface area (Å²) in [7, 11) is -3.60. The molecule has 0 unspecified atom stereocenters. The Labute approximate surface area is 219 Å². The van der Waals surface area contributed by atoms with Crippen LogP contribution in [0.3, 0.4) is 0 Å². The van der Waals surface area contributed by atoms with Crippen molar-refractivity contribution in [3.05, 3.63) is 64.7 Å². The van der Waals surface area contributed by atoms with Crippen LogP contribution in [-0.4, -0.2) is 54.8 Å². The lowest BCUT2D eigenvalue weighted by atomic mass is 9.89. The zero-order chi connectivity index (χ0) is 27.7. The SMILES string of the molecule is CC(=O)Cc1ccc(CCS(=O)(=O)N2CCC3(CC2)N=C(Nc2cccc(C(F)(F)F)c2)NC3=O)c(C)c1. The summed E-state index contributed by atoms with van der Waals surface area (Å²) in [5.74, 6) is -0.411. The van der Waals surface area contributed by atoms with Crippen molar-refractivity contribution < 1.29 is 31.2 Å². The number of Topliss-reactive ketones (excluding diaryl/α,β-unsaturated/α-hetero) is 1. The van der Waals surface area contributed by atoms with Gasteiger partial charge in [0.1, 0.15) is 11.3 Å². The van der Waals surface area contributed by atoms with Crippen molar-refractivity contribution in [3.8, 4) is 0 Å². The highest BCUT2D eigenvalue weighted by atomic mass is 32.2. The Morgan fingerprint density at radius 1 is 1.16 bits per heavy atom. The van der Waals surface area contributed by atoms with Crippen LogP contribution < -0.4 is 10.6 Å². The van der Waals surface area contributed by atoms with Gasteiger partial charge in [0.2, 0.25) is 16.0 Å². The number of guanidine groups is 1. The quantitative estimate of drug-likeness (QED) is 0.549. The van der Waals surface area contributed by atoms with Crippen LogP contribution >= 0.6 is 0 Å². The van der Waals surface area contributed by atoms with Gasteiger partial charge in [-0.2, -0.15) is 13.2 Å². The number of hydrogen-bond donors (Lipinski definition) is 2. The number of anilines is 1. The summed E-state index contributed by atoms with van der Waals surface area (Å²) < 4.78 is 66.4. The summed E-state index contributed by atoms with van der Waals surface area (Å²) in [6.45, 7) is 3.62. The fourth-order valence-electron chi connectivity index (χ4n) is 4.76. The van der Waals surface area contributed by atoms with Gasteiger partial charge in [-0.25, -0.2) is 17.7 Å². The van der Waals surface area contributed by atoms with Gasteiger partial charge in [0.15, 0.2) is 0 Å². The van der Waals surface area contributed by atoms with Gasteiger partial charge in [-0.3, -0.25) is 14.9 Å². The number of sulfonamides is 1. The van der Waals surface area contributed by atoms with E-state index < -0.39 is 33.2 Å². The van der Waals surface area contributed by atoms with Gasteiger partial charge in [0, 0.05) is 25.2 Å². The van der Waals surface area contributed by atoms with Gasteiger partial charge in [0.05, 0.1) is 11.3 Å². The third kappa shape index (κ3) is 6.24. The average Bonchev–Trinajstić information content (AvgIpc) is 3.11. The molecule has 204 valence electrons. The topological polar surface area (TPSA) is 108 Å². The van der Waals surface area contributed by atoms with Crippen LogP contribution in [0.4, 0.5) is 18.9 Å². The zero-order valence-electron chi connectivity index (χ0n) is 21.1. The molecule has 2 heterocycles. The molecule has 2 aromatic carbocycles. The number of aliphatic imine (C=N–C) groups is 1. The minimum absolute atomic E-state index is 0.0364. The highest BCUT2D eigenvalue weighted by Crippen LogP contribution is 2.33. The number of piperidine rings is 1. The molecule has 2 N–H and O–H groups in total. The second-order valence-corrected chi connectivity index (χ2v) is 11.8. The fraction of sp³-hybridized carbons (Fsp3) is 0.423. The highest BCUT2D eigenvalue weighted by molar-refractivity contribution is 7.89. The summed E-state index contributed by atoms with van der Waals surface area (Å²) >= 11 is 0. The molecule has 2 aromatic rings. The van der Waals surface area contributed by atoms with Crippen LogP contribution in [0.15, 0.2) is 47.5 Å². The van der Waals surface area contributed by atoms with E-state index in [4.69, 9.17) is 0 Å². The molecule has 1 amide bonds. The molecular formula is C26H29F3N4O4S. The number of rotatable bonds is 7. The molecule has 0 saturated carbocycles. The largest absolute Gasteiger partial charge is 0.416 e. The van der Waals surface area contributed by atoms with Crippen LogP contribution in [0.5, 0.6) is 0 Å². The molecule has 0 atom stereocenters. The first-order chi connectivity index (χ1) is 17.8. The van der Waals surface area contributed by atoms with Crippen molar-refractivity contribution >= 4 is 33.4 Å². The minimum Gasteiger partial charge on any atom is -0.326 e. The van der Waals surface area contributed by atoms with Gasteiger partial charge >= 0.3 is 6.18 Å². The maximum atomic E-state index is 13.0. The van der Waals surface area contributed by atoms with E-state index in [1.54, 1.807) is 0 Å². The summed E-state index contributed by atoms with van der Waals surface area (Å²) in [5.41, 5.74) is 0.830. The number of amides is 1. The smallest absolute Gasteiger partial charge is 0.326 e. The third-order valence-corrected chi connectivity index (χ3v) is 8.74. The molecule has 8 nitrogen and oxygen atoms in total. The monoisotopic (exact) mass is 550 g/mol. The first-order valence-electron chi connectivity index (χ1n) is 12.2. The van der Waals surface area contributed by atoms with Crippen molar-refractivity contribution in [2.24, 2.45) is 4.99 Å². The van der Waals surface area contributed by atoms with Gasteiger partial charge in [0.25, 0.3) is 5.91 Å². The number of nitrogens with one attached hydrogen (secondary N) is 2. The van der Waals surface area contributed by atoms with Crippen LogP contribution in [0.1, 0.15) is 42.0 Å². The number of benzene rings is 2. The second kappa shape index (κ2) is 10.5. The lowest BCUT2D eigenvalue weighted by molar-refractivity contribution is -0.137. The number of nitrogens with zero attached hydrogens (tertiary/aromatic N) is 2. The van der Waals surface area contributed by atoms with Crippen molar-refractivity contribution in [2.75, 3.05) is 24.2 Å². The van der Waals surface area contributed by atoms with E-state index in [2.05, 4.69) is 15.6 Å². The first-order valence-corrected chi connectivity index (χ1v) is 13.8. The molecule has 0 aliphatic carbocycles. The van der Waals surface area contributed by atoms with Crippen LogP contribution in [0.2, 0.25) is 0 Å². The standard InChI is InChI=1S/C26H29F3N4O4S/c1-17-14-19(15-18(2)34)6-7-20(17)8-13-38(36,37)33-11-9-25(10-12-33)23(35)31-24(32-25)30-22-5-3-4-21(16-22)26(27,28)29/h3-7,14,16H,8-13,15H2,1-2H3,(H2,30,31,32,35). The molecule has 38 heavy (non-hydrogen) atoms. The number of hydrogen-bond acceptors (Lipinski definition) is 6. The van der Waals surface area contributed by atoms with E-state index in [1.165, 1.54) is 23.4 Å². The maximum absolute atomic E-state index is 13.0. The molecule has 0 aromatic heterocycles.